The Morgan fingerprint density at radius 2 is 2.22 bits per heavy atom. The molecule has 1 atom stereocenters. The van der Waals surface area contributed by atoms with Crippen molar-refractivity contribution >= 4 is 12.4 Å². The van der Waals surface area contributed by atoms with Gasteiger partial charge in [0.15, 0.2) is 0 Å². The van der Waals surface area contributed by atoms with Crippen LogP contribution in [-0.2, 0) is 6.54 Å². The van der Waals surface area contributed by atoms with Crippen LogP contribution in [0, 0.1) is 6.92 Å². The minimum atomic E-state index is 0. The van der Waals surface area contributed by atoms with Crippen LogP contribution in [-0.4, -0.2) is 31.1 Å². The van der Waals surface area contributed by atoms with Crippen LogP contribution in [0.5, 0.6) is 5.75 Å². The molecule has 0 bridgehead atoms. The highest BCUT2D eigenvalue weighted by Gasteiger charge is 2.23. The molecule has 0 amide bonds. The molecular weight excluding hydrogens is 248 g/mol. The molecule has 1 aromatic rings. The molecule has 2 N–H and O–H groups in total. The first-order chi connectivity index (χ1) is 8.24. The Morgan fingerprint density at radius 3 is 2.89 bits per heavy atom. The van der Waals surface area contributed by atoms with Gasteiger partial charge in [0.25, 0.3) is 0 Å². The second-order valence-electron chi connectivity index (χ2n) is 4.82. The lowest BCUT2D eigenvalue weighted by Gasteiger charge is -2.24. The number of halogens is 1. The maximum atomic E-state index is 5.81. The van der Waals surface area contributed by atoms with E-state index in [4.69, 9.17) is 10.5 Å². The second kappa shape index (κ2) is 6.98. The second-order valence-corrected chi connectivity index (χ2v) is 4.82. The molecule has 2 rings (SSSR count). The van der Waals surface area contributed by atoms with Crippen LogP contribution in [0.3, 0.4) is 0 Å². The third-order valence-corrected chi connectivity index (χ3v) is 3.58. The molecule has 1 aliphatic rings. The molecule has 1 aromatic carbocycles. The number of aryl methyl sites for hydroxylation is 1. The smallest absolute Gasteiger partial charge is 0.123 e. The first-order valence-electron chi connectivity index (χ1n) is 6.32. The standard InChI is InChI=1S/C14H22N2O.ClH/c1-11-5-6-14(17-2)12(8-11)10-16-7-3-4-13(16)9-15;/h5-6,8,13H,3-4,7,9-10,15H2,1-2H3;1H. The largest absolute Gasteiger partial charge is 0.496 e. The summed E-state index contributed by atoms with van der Waals surface area (Å²) in [6.07, 6.45) is 2.49. The predicted molar refractivity (Wildman–Crippen MR) is 77.5 cm³/mol. The summed E-state index contributed by atoms with van der Waals surface area (Å²) in [5.41, 5.74) is 8.36. The number of ether oxygens (including phenoxy) is 1. The minimum Gasteiger partial charge on any atom is -0.496 e. The normalized spacial score (nSPS) is 19.6. The predicted octanol–water partition coefficient (Wildman–Crippen LogP) is 2.35. The van der Waals surface area contributed by atoms with Crippen LogP contribution in [0.25, 0.3) is 0 Å². The van der Waals surface area contributed by atoms with E-state index in [9.17, 15) is 0 Å². The van der Waals surface area contributed by atoms with Crippen LogP contribution in [0.15, 0.2) is 18.2 Å². The van der Waals surface area contributed by atoms with Gasteiger partial charge in [-0.3, -0.25) is 4.90 Å². The van der Waals surface area contributed by atoms with Gasteiger partial charge in [0, 0.05) is 24.7 Å². The van der Waals surface area contributed by atoms with Gasteiger partial charge in [-0.2, -0.15) is 0 Å². The molecule has 0 aromatic heterocycles. The summed E-state index contributed by atoms with van der Waals surface area (Å²) in [7, 11) is 1.73. The number of methoxy groups -OCH3 is 1. The van der Waals surface area contributed by atoms with E-state index in [-0.39, 0.29) is 12.4 Å². The molecule has 1 fully saturated rings. The fourth-order valence-corrected chi connectivity index (χ4v) is 2.62. The van der Waals surface area contributed by atoms with Gasteiger partial charge in [-0.05, 0) is 32.4 Å². The van der Waals surface area contributed by atoms with Gasteiger partial charge in [-0.15, -0.1) is 12.4 Å². The third-order valence-electron chi connectivity index (χ3n) is 3.58. The number of rotatable bonds is 4. The molecule has 1 saturated heterocycles. The van der Waals surface area contributed by atoms with Crippen LogP contribution in [0.4, 0.5) is 0 Å². The molecule has 0 radical (unpaired) electrons. The van der Waals surface area contributed by atoms with Gasteiger partial charge in [-0.1, -0.05) is 17.7 Å². The van der Waals surface area contributed by atoms with Gasteiger partial charge in [0.1, 0.15) is 5.75 Å². The Labute approximate surface area is 116 Å². The highest BCUT2D eigenvalue weighted by molar-refractivity contribution is 5.85. The summed E-state index contributed by atoms with van der Waals surface area (Å²) in [4.78, 5) is 2.47. The maximum Gasteiger partial charge on any atom is 0.123 e. The lowest BCUT2D eigenvalue weighted by atomic mass is 10.1. The average molecular weight is 271 g/mol. The molecule has 0 aliphatic carbocycles. The highest BCUT2D eigenvalue weighted by Crippen LogP contribution is 2.25. The minimum absolute atomic E-state index is 0. The van der Waals surface area contributed by atoms with Crippen LogP contribution in [0.2, 0.25) is 0 Å². The summed E-state index contributed by atoms with van der Waals surface area (Å²) in [5, 5.41) is 0. The monoisotopic (exact) mass is 270 g/mol. The Bertz CT molecular complexity index is 384. The summed E-state index contributed by atoms with van der Waals surface area (Å²) < 4.78 is 5.42. The lowest BCUT2D eigenvalue weighted by Crippen LogP contribution is -2.34. The topological polar surface area (TPSA) is 38.5 Å². The van der Waals surface area contributed by atoms with E-state index in [0.29, 0.717) is 6.04 Å². The van der Waals surface area contributed by atoms with Crippen molar-refractivity contribution in [3.8, 4) is 5.75 Å². The summed E-state index contributed by atoms with van der Waals surface area (Å²) >= 11 is 0. The molecule has 102 valence electrons. The van der Waals surface area contributed by atoms with Gasteiger partial charge in [-0.25, -0.2) is 0 Å². The zero-order valence-electron chi connectivity index (χ0n) is 11.2. The number of hydrogen-bond acceptors (Lipinski definition) is 3. The van der Waals surface area contributed by atoms with Crippen molar-refractivity contribution in [2.75, 3.05) is 20.2 Å². The van der Waals surface area contributed by atoms with Crippen molar-refractivity contribution in [1.82, 2.24) is 4.90 Å². The fourth-order valence-electron chi connectivity index (χ4n) is 2.62. The summed E-state index contributed by atoms with van der Waals surface area (Å²) in [6.45, 7) is 4.98. The quantitative estimate of drug-likeness (QED) is 0.913. The van der Waals surface area contributed by atoms with E-state index in [2.05, 4.69) is 30.0 Å². The number of likely N-dealkylation sites (tertiary alicyclic amines) is 1. The Balaban J connectivity index is 0.00000162. The highest BCUT2D eigenvalue weighted by atomic mass is 35.5. The van der Waals surface area contributed by atoms with Crippen molar-refractivity contribution in [2.24, 2.45) is 5.73 Å². The summed E-state index contributed by atoms with van der Waals surface area (Å²) in [6, 6.07) is 6.90. The molecule has 0 spiro atoms. The number of benzene rings is 1. The van der Waals surface area contributed by atoms with E-state index < -0.39 is 0 Å². The Hall–Kier alpha value is -0.770. The first-order valence-corrected chi connectivity index (χ1v) is 6.32. The van der Waals surface area contributed by atoms with E-state index in [1.54, 1.807) is 7.11 Å². The number of nitrogens with two attached hydrogens (primary N) is 1. The third kappa shape index (κ3) is 3.37. The lowest BCUT2D eigenvalue weighted by molar-refractivity contribution is 0.246. The van der Waals surface area contributed by atoms with E-state index in [1.165, 1.54) is 24.0 Å². The first kappa shape index (κ1) is 15.3. The summed E-state index contributed by atoms with van der Waals surface area (Å²) in [5.74, 6) is 0.985. The van der Waals surface area contributed by atoms with Crippen molar-refractivity contribution in [1.29, 1.82) is 0 Å². The SMILES string of the molecule is COc1ccc(C)cc1CN1CCCC1CN.Cl. The molecule has 18 heavy (non-hydrogen) atoms. The average Bonchev–Trinajstić information content (AvgIpc) is 2.77. The van der Waals surface area contributed by atoms with Gasteiger partial charge in [0.05, 0.1) is 7.11 Å². The van der Waals surface area contributed by atoms with Crippen molar-refractivity contribution in [2.45, 2.75) is 32.4 Å². The molecule has 1 aliphatic heterocycles. The van der Waals surface area contributed by atoms with Crippen molar-refractivity contribution < 1.29 is 4.74 Å². The zero-order chi connectivity index (χ0) is 12.3. The number of hydrogen-bond donors (Lipinski definition) is 1. The van der Waals surface area contributed by atoms with Crippen LogP contribution >= 0.6 is 12.4 Å². The Morgan fingerprint density at radius 1 is 1.44 bits per heavy atom. The van der Waals surface area contributed by atoms with E-state index >= 15 is 0 Å². The number of nitrogens with zero attached hydrogens (tertiary/aromatic N) is 1. The van der Waals surface area contributed by atoms with Gasteiger partial charge < -0.3 is 10.5 Å². The van der Waals surface area contributed by atoms with Gasteiger partial charge in [0.2, 0.25) is 0 Å². The van der Waals surface area contributed by atoms with Gasteiger partial charge >= 0.3 is 0 Å². The molecule has 0 saturated carbocycles. The molecular formula is C14H23ClN2O. The maximum absolute atomic E-state index is 5.81. The van der Waals surface area contributed by atoms with Crippen molar-refractivity contribution in [3.63, 3.8) is 0 Å². The van der Waals surface area contributed by atoms with Crippen LogP contribution in [0.1, 0.15) is 24.0 Å². The molecule has 3 nitrogen and oxygen atoms in total. The van der Waals surface area contributed by atoms with E-state index in [1.807, 2.05) is 0 Å². The Kier molecular flexibility index (Phi) is 5.93. The fraction of sp³-hybridized carbons (Fsp3) is 0.571. The molecule has 1 heterocycles. The molecule has 4 heteroatoms. The van der Waals surface area contributed by atoms with Crippen LogP contribution < -0.4 is 10.5 Å². The zero-order valence-corrected chi connectivity index (χ0v) is 12.0. The van der Waals surface area contributed by atoms with E-state index in [0.717, 1.165) is 25.4 Å². The van der Waals surface area contributed by atoms with Crippen molar-refractivity contribution in [3.05, 3.63) is 29.3 Å². The molecule has 1 unspecified atom stereocenters.